The Morgan fingerprint density at radius 2 is 2.10 bits per heavy atom. The highest BCUT2D eigenvalue weighted by molar-refractivity contribution is 5.96. The molecule has 1 aromatic rings. The number of alkyl halides is 3. The molecule has 1 rings (SSSR count). The molecule has 118 valence electrons. The van der Waals surface area contributed by atoms with Gasteiger partial charge in [-0.15, -0.1) is 0 Å². The predicted molar refractivity (Wildman–Crippen MR) is 72.2 cm³/mol. The van der Waals surface area contributed by atoms with Crippen LogP contribution in [0.15, 0.2) is 18.2 Å². The van der Waals surface area contributed by atoms with Gasteiger partial charge in [0.05, 0.1) is 18.8 Å². The van der Waals surface area contributed by atoms with Gasteiger partial charge in [-0.05, 0) is 25.1 Å². The lowest BCUT2D eigenvalue weighted by Crippen LogP contribution is -2.20. The molecule has 21 heavy (non-hydrogen) atoms. The Hall–Kier alpha value is -1.96. The number of nitrogen functional groups attached to an aromatic ring is 1. The normalized spacial score (nSPS) is 11.2. The van der Waals surface area contributed by atoms with Crippen LogP contribution in [0.1, 0.15) is 17.3 Å². The van der Waals surface area contributed by atoms with Crippen LogP contribution >= 0.6 is 0 Å². The quantitative estimate of drug-likeness (QED) is 0.460. The van der Waals surface area contributed by atoms with Gasteiger partial charge in [0.15, 0.2) is 0 Å². The van der Waals surface area contributed by atoms with Crippen LogP contribution in [0.2, 0.25) is 0 Å². The molecular weight excluding hydrogens is 289 g/mol. The van der Waals surface area contributed by atoms with E-state index in [1.165, 1.54) is 12.1 Å². The van der Waals surface area contributed by atoms with Crippen LogP contribution in [0.3, 0.4) is 0 Å². The van der Waals surface area contributed by atoms with E-state index in [1.54, 1.807) is 13.0 Å². The summed E-state index contributed by atoms with van der Waals surface area (Å²) in [5, 5.41) is 2.84. The fourth-order valence-corrected chi connectivity index (χ4v) is 1.51. The smallest absolute Gasteiger partial charge is 0.411 e. The molecule has 5 nitrogen and oxygen atoms in total. The number of esters is 1. The van der Waals surface area contributed by atoms with Crippen molar-refractivity contribution in [3.8, 4) is 0 Å². The average Bonchev–Trinajstić information content (AvgIpc) is 2.39. The summed E-state index contributed by atoms with van der Waals surface area (Å²) in [5.74, 6) is -0.549. The average molecular weight is 306 g/mol. The summed E-state index contributed by atoms with van der Waals surface area (Å²) < 4.78 is 44.9. The number of carbonyl (C=O) groups excluding carboxylic acids is 1. The van der Waals surface area contributed by atoms with Crippen LogP contribution < -0.4 is 11.1 Å². The molecule has 0 amide bonds. The van der Waals surface area contributed by atoms with E-state index in [0.717, 1.165) is 0 Å². The lowest BCUT2D eigenvalue weighted by atomic mass is 10.1. The van der Waals surface area contributed by atoms with E-state index in [-0.39, 0.29) is 31.0 Å². The molecule has 0 aliphatic heterocycles. The van der Waals surface area contributed by atoms with Crippen LogP contribution in [0.5, 0.6) is 0 Å². The van der Waals surface area contributed by atoms with Crippen molar-refractivity contribution in [2.24, 2.45) is 0 Å². The largest absolute Gasteiger partial charge is 0.462 e. The van der Waals surface area contributed by atoms with Gasteiger partial charge < -0.3 is 20.5 Å². The molecule has 0 aromatic heterocycles. The maximum Gasteiger partial charge on any atom is 0.411 e. The third kappa shape index (κ3) is 6.35. The summed E-state index contributed by atoms with van der Waals surface area (Å²) in [6, 6.07) is 4.62. The number of carbonyl (C=O) groups is 1. The molecule has 0 heterocycles. The number of hydrogen-bond acceptors (Lipinski definition) is 5. The Bertz CT molecular complexity index is 478. The number of hydrogen-bond donors (Lipinski definition) is 2. The van der Waals surface area contributed by atoms with Crippen molar-refractivity contribution in [1.82, 2.24) is 0 Å². The van der Waals surface area contributed by atoms with Gasteiger partial charge in [0, 0.05) is 17.9 Å². The lowest BCUT2D eigenvalue weighted by molar-refractivity contribution is -0.172. The standard InChI is InChI=1S/C13H17F3N2O3/c1-2-21-12(19)10-7-9(3-4-11(10)17)18-5-6-20-8-13(14,15)16/h3-4,7,18H,2,5-6,8,17H2,1H3. The van der Waals surface area contributed by atoms with Crippen molar-refractivity contribution in [3.63, 3.8) is 0 Å². The van der Waals surface area contributed by atoms with E-state index >= 15 is 0 Å². The first-order chi connectivity index (χ1) is 9.83. The van der Waals surface area contributed by atoms with E-state index in [4.69, 9.17) is 10.5 Å². The summed E-state index contributed by atoms with van der Waals surface area (Å²) in [5.41, 5.74) is 6.69. The Balaban J connectivity index is 2.49. The van der Waals surface area contributed by atoms with Gasteiger partial charge in [-0.2, -0.15) is 13.2 Å². The summed E-state index contributed by atoms with van der Waals surface area (Å²) in [6.07, 6.45) is -4.34. The third-order valence-electron chi connectivity index (χ3n) is 2.39. The molecular formula is C13H17F3N2O3. The second-order valence-electron chi connectivity index (χ2n) is 4.12. The van der Waals surface area contributed by atoms with Crippen molar-refractivity contribution in [1.29, 1.82) is 0 Å². The molecule has 1 aromatic carbocycles. The van der Waals surface area contributed by atoms with Crippen LogP contribution in [0.25, 0.3) is 0 Å². The zero-order valence-corrected chi connectivity index (χ0v) is 11.5. The van der Waals surface area contributed by atoms with Crippen LogP contribution in [-0.2, 0) is 9.47 Å². The van der Waals surface area contributed by atoms with Crippen molar-refractivity contribution in [2.45, 2.75) is 13.1 Å². The minimum absolute atomic E-state index is 0.112. The van der Waals surface area contributed by atoms with Crippen molar-refractivity contribution in [2.75, 3.05) is 37.4 Å². The second kappa shape index (κ2) is 7.72. The van der Waals surface area contributed by atoms with Gasteiger partial charge >= 0.3 is 12.1 Å². The molecule has 0 aliphatic rings. The summed E-state index contributed by atoms with van der Waals surface area (Å²) in [6.45, 7) is 0.667. The Labute approximate surface area is 120 Å². The van der Waals surface area contributed by atoms with Gasteiger partial charge in [0.25, 0.3) is 0 Å². The monoisotopic (exact) mass is 306 g/mol. The minimum atomic E-state index is -4.34. The van der Waals surface area contributed by atoms with Gasteiger partial charge in [-0.25, -0.2) is 4.79 Å². The molecule has 0 aliphatic carbocycles. The van der Waals surface area contributed by atoms with Gasteiger partial charge in [0.2, 0.25) is 0 Å². The Kier molecular flexibility index (Phi) is 6.29. The van der Waals surface area contributed by atoms with Crippen LogP contribution in [0.4, 0.5) is 24.5 Å². The molecule has 3 N–H and O–H groups in total. The number of anilines is 2. The van der Waals surface area contributed by atoms with Gasteiger partial charge in [-0.3, -0.25) is 0 Å². The zero-order chi connectivity index (χ0) is 15.9. The van der Waals surface area contributed by atoms with Crippen LogP contribution in [-0.4, -0.2) is 38.5 Å². The number of nitrogens with two attached hydrogens (primary N) is 1. The first-order valence-corrected chi connectivity index (χ1v) is 6.28. The maximum atomic E-state index is 11.9. The van der Waals surface area contributed by atoms with Gasteiger partial charge in [-0.1, -0.05) is 0 Å². The van der Waals surface area contributed by atoms with E-state index in [2.05, 4.69) is 10.1 Å². The highest BCUT2D eigenvalue weighted by atomic mass is 19.4. The molecule has 0 atom stereocenters. The molecule has 0 spiro atoms. The van der Waals surface area contributed by atoms with Crippen LogP contribution in [0, 0.1) is 0 Å². The highest BCUT2D eigenvalue weighted by Crippen LogP contribution is 2.19. The van der Waals surface area contributed by atoms with E-state index in [9.17, 15) is 18.0 Å². The molecule has 0 radical (unpaired) electrons. The third-order valence-corrected chi connectivity index (χ3v) is 2.39. The Morgan fingerprint density at radius 1 is 1.38 bits per heavy atom. The fourth-order valence-electron chi connectivity index (χ4n) is 1.51. The molecule has 0 bridgehead atoms. The number of benzene rings is 1. The fraction of sp³-hybridized carbons (Fsp3) is 0.462. The Morgan fingerprint density at radius 3 is 2.71 bits per heavy atom. The van der Waals surface area contributed by atoms with E-state index in [0.29, 0.717) is 5.69 Å². The van der Waals surface area contributed by atoms with Crippen molar-refractivity contribution < 1.29 is 27.4 Å². The van der Waals surface area contributed by atoms with E-state index in [1.807, 2.05) is 0 Å². The molecule has 0 saturated heterocycles. The van der Waals surface area contributed by atoms with E-state index < -0.39 is 18.8 Å². The van der Waals surface area contributed by atoms with Crippen molar-refractivity contribution >= 4 is 17.3 Å². The first-order valence-electron chi connectivity index (χ1n) is 6.28. The zero-order valence-electron chi connectivity index (χ0n) is 11.5. The number of ether oxygens (including phenoxy) is 2. The predicted octanol–water partition coefficient (Wildman–Crippen LogP) is 2.44. The van der Waals surface area contributed by atoms with Crippen molar-refractivity contribution in [3.05, 3.63) is 23.8 Å². The number of rotatable bonds is 7. The molecule has 0 fully saturated rings. The summed E-state index contributed by atoms with van der Waals surface area (Å²) >= 11 is 0. The molecule has 8 heteroatoms. The van der Waals surface area contributed by atoms with Gasteiger partial charge in [0.1, 0.15) is 6.61 Å². The number of nitrogens with one attached hydrogen (secondary N) is 1. The topological polar surface area (TPSA) is 73.6 Å². The highest BCUT2D eigenvalue weighted by Gasteiger charge is 2.27. The molecule has 0 unspecified atom stereocenters. The number of halogens is 3. The first kappa shape index (κ1) is 17.1. The minimum Gasteiger partial charge on any atom is -0.462 e. The molecule has 0 saturated carbocycles. The lowest BCUT2D eigenvalue weighted by Gasteiger charge is -2.11. The summed E-state index contributed by atoms with van der Waals surface area (Å²) in [4.78, 5) is 11.6. The maximum absolute atomic E-state index is 11.9. The SMILES string of the molecule is CCOC(=O)c1cc(NCCOCC(F)(F)F)ccc1N. The second-order valence-corrected chi connectivity index (χ2v) is 4.12. The summed E-state index contributed by atoms with van der Waals surface area (Å²) in [7, 11) is 0.